The molecule has 20 heavy (non-hydrogen) atoms. The zero-order valence-electron chi connectivity index (χ0n) is 11.7. The van der Waals surface area contributed by atoms with E-state index in [9.17, 15) is 4.79 Å². The quantitative estimate of drug-likeness (QED) is 0.941. The first-order chi connectivity index (χ1) is 9.58. The van der Waals surface area contributed by atoms with Gasteiger partial charge in [-0.25, -0.2) is 0 Å². The van der Waals surface area contributed by atoms with Crippen molar-refractivity contribution >= 4 is 11.6 Å². The molecule has 4 nitrogen and oxygen atoms in total. The van der Waals surface area contributed by atoms with Crippen LogP contribution in [0.5, 0.6) is 5.75 Å². The second kappa shape index (κ2) is 6.11. The number of ether oxygens (including phenoxy) is 1. The third kappa shape index (κ3) is 2.71. The summed E-state index contributed by atoms with van der Waals surface area (Å²) in [5, 5.41) is 3.51. The first kappa shape index (κ1) is 14.6. The molecule has 0 aliphatic rings. The summed E-state index contributed by atoms with van der Waals surface area (Å²) < 4.78 is 6.76. The van der Waals surface area contributed by atoms with E-state index >= 15 is 0 Å². The number of pyridine rings is 1. The van der Waals surface area contributed by atoms with Crippen LogP contribution in [0.25, 0.3) is 11.3 Å². The van der Waals surface area contributed by atoms with Crippen LogP contribution in [-0.2, 0) is 13.6 Å². The van der Waals surface area contributed by atoms with Gasteiger partial charge in [0.05, 0.1) is 17.8 Å². The van der Waals surface area contributed by atoms with Gasteiger partial charge in [0.15, 0.2) is 0 Å². The zero-order chi connectivity index (χ0) is 14.7. The minimum Gasteiger partial charge on any atom is -0.495 e. The Labute approximate surface area is 123 Å². The topological polar surface area (TPSA) is 43.3 Å². The molecular weight excluding hydrogens is 276 g/mol. The van der Waals surface area contributed by atoms with Gasteiger partial charge >= 0.3 is 0 Å². The molecule has 0 bridgehead atoms. The van der Waals surface area contributed by atoms with Gasteiger partial charge in [0, 0.05) is 19.2 Å². The van der Waals surface area contributed by atoms with Crippen LogP contribution in [0.1, 0.15) is 5.56 Å². The summed E-state index contributed by atoms with van der Waals surface area (Å²) in [4.78, 5) is 12.2. The molecule has 1 N–H and O–H groups in total. The van der Waals surface area contributed by atoms with Gasteiger partial charge in [-0.2, -0.15) is 0 Å². The summed E-state index contributed by atoms with van der Waals surface area (Å²) in [6.45, 7) is 0.552. The first-order valence-corrected chi connectivity index (χ1v) is 6.63. The Hall–Kier alpha value is -1.78. The second-order valence-electron chi connectivity index (χ2n) is 4.49. The van der Waals surface area contributed by atoms with Crippen molar-refractivity contribution in [2.45, 2.75) is 6.54 Å². The largest absolute Gasteiger partial charge is 0.495 e. The number of benzene rings is 1. The van der Waals surface area contributed by atoms with Gasteiger partial charge in [-0.1, -0.05) is 17.7 Å². The number of rotatable bonds is 4. The van der Waals surface area contributed by atoms with Crippen molar-refractivity contribution in [2.75, 3.05) is 14.2 Å². The number of nitrogens with one attached hydrogen (secondary N) is 1. The minimum atomic E-state index is -0.0104. The van der Waals surface area contributed by atoms with E-state index in [4.69, 9.17) is 16.3 Å². The van der Waals surface area contributed by atoms with Crippen molar-refractivity contribution < 1.29 is 4.74 Å². The Morgan fingerprint density at radius 1 is 1.30 bits per heavy atom. The van der Waals surface area contributed by atoms with Crippen molar-refractivity contribution in [3.05, 3.63) is 51.3 Å². The summed E-state index contributed by atoms with van der Waals surface area (Å²) in [6.07, 6.45) is 0. The maximum atomic E-state index is 12.2. The van der Waals surface area contributed by atoms with Crippen LogP contribution < -0.4 is 15.6 Å². The third-order valence-corrected chi connectivity index (χ3v) is 3.49. The summed E-state index contributed by atoms with van der Waals surface area (Å²) in [7, 11) is 5.15. The van der Waals surface area contributed by atoms with Gasteiger partial charge < -0.3 is 14.6 Å². The van der Waals surface area contributed by atoms with Crippen LogP contribution in [-0.4, -0.2) is 18.7 Å². The third-order valence-electron chi connectivity index (χ3n) is 3.20. The molecule has 0 amide bonds. The molecule has 106 valence electrons. The lowest BCUT2D eigenvalue weighted by Crippen LogP contribution is -2.25. The Balaban J connectivity index is 2.51. The predicted molar refractivity (Wildman–Crippen MR) is 81.4 cm³/mol. The van der Waals surface area contributed by atoms with E-state index < -0.39 is 0 Å². The number of hydrogen-bond acceptors (Lipinski definition) is 3. The van der Waals surface area contributed by atoms with Crippen LogP contribution in [0.3, 0.4) is 0 Å². The average Bonchev–Trinajstić information content (AvgIpc) is 2.44. The van der Waals surface area contributed by atoms with Gasteiger partial charge in [0.2, 0.25) is 0 Å². The highest BCUT2D eigenvalue weighted by atomic mass is 35.5. The molecule has 0 fully saturated rings. The standard InChI is InChI=1S/C15H17ClN2O2/c1-17-9-11-4-6-13(18(2)15(11)19)10-5-7-14(20-3)12(16)8-10/h4-8,17H,9H2,1-3H3. The highest BCUT2D eigenvalue weighted by molar-refractivity contribution is 6.32. The molecule has 0 aliphatic carbocycles. The van der Waals surface area contributed by atoms with Crippen molar-refractivity contribution in [3.63, 3.8) is 0 Å². The smallest absolute Gasteiger partial charge is 0.255 e. The molecule has 1 aromatic carbocycles. The Kier molecular flexibility index (Phi) is 4.47. The van der Waals surface area contributed by atoms with Crippen LogP contribution >= 0.6 is 11.6 Å². The van der Waals surface area contributed by atoms with Crippen LogP contribution in [0.2, 0.25) is 5.02 Å². The van der Waals surface area contributed by atoms with Crippen LogP contribution in [0.4, 0.5) is 0 Å². The molecule has 0 unspecified atom stereocenters. The summed E-state index contributed by atoms with van der Waals surface area (Å²) >= 11 is 6.13. The number of methoxy groups -OCH3 is 1. The molecule has 0 aliphatic heterocycles. The minimum absolute atomic E-state index is 0.0104. The van der Waals surface area contributed by atoms with Crippen LogP contribution in [0, 0.1) is 0 Å². The monoisotopic (exact) mass is 292 g/mol. The van der Waals surface area contributed by atoms with Crippen molar-refractivity contribution in [1.29, 1.82) is 0 Å². The molecule has 2 rings (SSSR count). The molecule has 0 atom stereocenters. The number of hydrogen-bond donors (Lipinski definition) is 1. The molecule has 0 radical (unpaired) electrons. The second-order valence-corrected chi connectivity index (χ2v) is 4.89. The SMILES string of the molecule is CNCc1ccc(-c2ccc(OC)c(Cl)c2)n(C)c1=O. The first-order valence-electron chi connectivity index (χ1n) is 6.26. The lowest BCUT2D eigenvalue weighted by atomic mass is 10.1. The fraction of sp³-hybridized carbons (Fsp3) is 0.267. The number of nitrogens with zero attached hydrogens (tertiary/aromatic N) is 1. The van der Waals surface area contributed by atoms with Gasteiger partial charge in [-0.3, -0.25) is 4.79 Å². The molecule has 0 saturated heterocycles. The normalized spacial score (nSPS) is 10.6. The fourth-order valence-electron chi connectivity index (χ4n) is 2.13. The molecule has 1 aromatic heterocycles. The van der Waals surface area contributed by atoms with E-state index in [1.807, 2.05) is 25.2 Å². The van der Waals surface area contributed by atoms with Crippen molar-refractivity contribution in [3.8, 4) is 17.0 Å². The van der Waals surface area contributed by atoms with E-state index in [1.54, 1.807) is 30.9 Å². The van der Waals surface area contributed by atoms with Gasteiger partial charge in [-0.15, -0.1) is 0 Å². The van der Waals surface area contributed by atoms with E-state index in [0.29, 0.717) is 17.3 Å². The predicted octanol–water partition coefficient (Wildman–Crippen LogP) is 2.43. The maximum Gasteiger partial charge on any atom is 0.255 e. The van der Waals surface area contributed by atoms with Gasteiger partial charge in [0.1, 0.15) is 5.75 Å². The van der Waals surface area contributed by atoms with Gasteiger partial charge in [0.25, 0.3) is 5.56 Å². The molecule has 5 heteroatoms. The Morgan fingerprint density at radius 3 is 2.65 bits per heavy atom. The van der Waals surface area contributed by atoms with Crippen molar-refractivity contribution in [1.82, 2.24) is 9.88 Å². The lowest BCUT2D eigenvalue weighted by Gasteiger charge is -2.12. The zero-order valence-corrected chi connectivity index (χ0v) is 12.5. The molecule has 2 aromatic rings. The Bertz CT molecular complexity index is 680. The average molecular weight is 293 g/mol. The van der Waals surface area contributed by atoms with Gasteiger partial charge in [-0.05, 0) is 36.9 Å². The Morgan fingerprint density at radius 2 is 2.05 bits per heavy atom. The summed E-state index contributed by atoms with van der Waals surface area (Å²) in [6, 6.07) is 9.24. The molecule has 1 heterocycles. The molecule has 0 spiro atoms. The fourth-order valence-corrected chi connectivity index (χ4v) is 2.39. The van der Waals surface area contributed by atoms with E-state index in [-0.39, 0.29) is 5.56 Å². The number of aromatic nitrogens is 1. The van der Waals surface area contributed by atoms with E-state index in [2.05, 4.69) is 5.32 Å². The van der Waals surface area contributed by atoms with E-state index in [0.717, 1.165) is 16.8 Å². The molecular formula is C15H17ClN2O2. The number of halogens is 1. The summed E-state index contributed by atoms with van der Waals surface area (Å²) in [5.74, 6) is 0.618. The highest BCUT2D eigenvalue weighted by Gasteiger charge is 2.09. The van der Waals surface area contributed by atoms with E-state index in [1.165, 1.54) is 0 Å². The lowest BCUT2D eigenvalue weighted by molar-refractivity contribution is 0.415. The highest BCUT2D eigenvalue weighted by Crippen LogP contribution is 2.29. The maximum absolute atomic E-state index is 12.2. The molecule has 0 saturated carbocycles. The van der Waals surface area contributed by atoms with Crippen molar-refractivity contribution in [2.24, 2.45) is 7.05 Å². The van der Waals surface area contributed by atoms with Crippen LogP contribution in [0.15, 0.2) is 35.1 Å². The summed E-state index contributed by atoms with van der Waals surface area (Å²) in [5.41, 5.74) is 2.42.